The molecule has 0 spiro atoms. The van der Waals surface area contributed by atoms with Gasteiger partial charge in [0.2, 0.25) is 5.91 Å². The summed E-state index contributed by atoms with van der Waals surface area (Å²) in [7, 11) is 1.57. The second-order valence-corrected chi connectivity index (χ2v) is 7.49. The fourth-order valence-corrected chi connectivity index (χ4v) is 2.85. The lowest BCUT2D eigenvalue weighted by Crippen LogP contribution is -2.45. The van der Waals surface area contributed by atoms with E-state index in [4.69, 9.17) is 22.1 Å². The highest BCUT2D eigenvalue weighted by Gasteiger charge is 2.28. The summed E-state index contributed by atoms with van der Waals surface area (Å²) in [6, 6.07) is 4.82. The molecule has 0 saturated carbocycles. The van der Waals surface area contributed by atoms with Crippen LogP contribution in [-0.2, 0) is 4.79 Å². The minimum absolute atomic E-state index is 0.244. The molecule has 1 amide bonds. The molecule has 0 aliphatic heterocycles. The average molecular weight is 354 g/mol. The van der Waals surface area contributed by atoms with Crippen LogP contribution in [0.1, 0.15) is 20.8 Å². The van der Waals surface area contributed by atoms with E-state index >= 15 is 0 Å². The summed E-state index contributed by atoms with van der Waals surface area (Å²) in [5.74, 6) is 0.362. The fraction of sp³-hybridized carbons (Fsp3) is 0.375. The molecule has 5 nitrogen and oxygen atoms in total. The number of benzene rings is 1. The van der Waals surface area contributed by atoms with Gasteiger partial charge in [-0.05, 0) is 23.6 Å². The van der Waals surface area contributed by atoms with Gasteiger partial charge in [0, 0.05) is 10.9 Å². The standard InChI is InChI=1S/C16H20ClN3O2S/c1-16(2,3)13(18)14(21)20-15-19-11(8-23-15)9-5-6-12(22-4)10(17)7-9/h5-8,13H,18H2,1-4H3,(H,19,20,21)/t13-/m1/s1. The third-order valence-electron chi connectivity index (χ3n) is 3.40. The number of thiazole rings is 1. The maximum Gasteiger partial charge on any atom is 0.243 e. The number of rotatable bonds is 4. The predicted molar refractivity (Wildman–Crippen MR) is 95.2 cm³/mol. The zero-order chi connectivity index (χ0) is 17.2. The zero-order valence-electron chi connectivity index (χ0n) is 13.5. The van der Waals surface area contributed by atoms with Crippen LogP contribution >= 0.6 is 22.9 Å². The van der Waals surface area contributed by atoms with Gasteiger partial charge < -0.3 is 15.8 Å². The van der Waals surface area contributed by atoms with Gasteiger partial charge in [-0.15, -0.1) is 11.3 Å². The Morgan fingerprint density at radius 3 is 2.70 bits per heavy atom. The number of ether oxygens (including phenoxy) is 1. The number of amides is 1. The first-order chi connectivity index (χ1) is 10.7. The third-order valence-corrected chi connectivity index (χ3v) is 4.45. The van der Waals surface area contributed by atoms with Crippen LogP contribution in [0.2, 0.25) is 5.02 Å². The van der Waals surface area contributed by atoms with Crippen LogP contribution in [0, 0.1) is 5.41 Å². The van der Waals surface area contributed by atoms with Crippen LogP contribution in [0.3, 0.4) is 0 Å². The fourth-order valence-electron chi connectivity index (χ4n) is 1.87. The predicted octanol–water partition coefficient (Wildman–Crippen LogP) is 3.78. The molecule has 124 valence electrons. The van der Waals surface area contributed by atoms with Crippen molar-refractivity contribution in [2.75, 3.05) is 12.4 Å². The summed E-state index contributed by atoms with van der Waals surface area (Å²) in [4.78, 5) is 16.5. The maximum atomic E-state index is 12.1. The van der Waals surface area contributed by atoms with E-state index in [0.717, 1.165) is 11.3 Å². The SMILES string of the molecule is COc1ccc(-c2csc(NC(=O)[C@@H](N)C(C)(C)C)n2)cc1Cl. The van der Waals surface area contributed by atoms with Crippen LogP contribution in [0.15, 0.2) is 23.6 Å². The van der Waals surface area contributed by atoms with Crippen LogP contribution in [0.4, 0.5) is 5.13 Å². The lowest BCUT2D eigenvalue weighted by molar-refractivity contribution is -0.119. The first-order valence-corrected chi connectivity index (χ1v) is 8.34. The number of methoxy groups -OCH3 is 1. The number of hydrogen-bond donors (Lipinski definition) is 2. The Kier molecular flexibility index (Phi) is 5.29. The van der Waals surface area contributed by atoms with Gasteiger partial charge in [0.25, 0.3) is 0 Å². The molecular weight excluding hydrogens is 334 g/mol. The van der Waals surface area contributed by atoms with Gasteiger partial charge in [0.15, 0.2) is 5.13 Å². The Hall–Kier alpha value is -1.63. The van der Waals surface area contributed by atoms with E-state index in [9.17, 15) is 4.79 Å². The topological polar surface area (TPSA) is 77.2 Å². The van der Waals surface area contributed by atoms with Gasteiger partial charge in [0.05, 0.1) is 23.9 Å². The Morgan fingerprint density at radius 2 is 2.13 bits per heavy atom. The quantitative estimate of drug-likeness (QED) is 0.876. The molecule has 3 N–H and O–H groups in total. The van der Waals surface area contributed by atoms with Crippen LogP contribution in [0.25, 0.3) is 11.3 Å². The number of hydrogen-bond acceptors (Lipinski definition) is 5. The van der Waals surface area contributed by atoms with E-state index in [2.05, 4.69) is 10.3 Å². The van der Waals surface area contributed by atoms with Gasteiger partial charge in [-0.2, -0.15) is 0 Å². The number of carbonyl (C=O) groups is 1. The van der Waals surface area contributed by atoms with Crippen molar-refractivity contribution in [1.82, 2.24) is 4.98 Å². The number of anilines is 1. The Balaban J connectivity index is 2.15. The summed E-state index contributed by atoms with van der Waals surface area (Å²) >= 11 is 7.47. The zero-order valence-corrected chi connectivity index (χ0v) is 15.1. The molecule has 0 bridgehead atoms. The molecule has 7 heteroatoms. The maximum absolute atomic E-state index is 12.1. The molecule has 0 unspecified atom stereocenters. The molecule has 1 aromatic carbocycles. The lowest BCUT2D eigenvalue weighted by atomic mass is 9.87. The van der Waals surface area contributed by atoms with E-state index in [1.165, 1.54) is 11.3 Å². The molecule has 0 aliphatic carbocycles. The van der Waals surface area contributed by atoms with Crippen molar-refractivity contribution in [3.63, 3.8) is 0 Å². The number of halogens is 1. The summed E-state index contributed by atoms with van der Waals surface area (Å²) < 4.78 is 5.13. The number of aromatic nitrogens is 1. The molecule has 0 saturated heterocycles. The molecule has 23 heavy (non-hydrogen) atoms. The average Bonchev–Trinajstić information content (AvgIpc) is 2.93. The van der Waals surface area contributed by atoms with Gasteiger partial charge >= 0.3 is 0 Å². The van der Waals surface area contributed by atoms with Crippen molar-refractivity contribution in [3.05, 3.63) is 28.6 Å². The highest BCUT2D eigenvalue weighted by Crippen LogP contribution is 2.32. The third kappa shape index (κ3) is 4.22. The summed E-state index contributed by atoms with van der Waals surface area (Å²) in [6.07, 6.45) is 0. The molecule has 0 aliphatic rings. The van der Waals surface area contributed by atoms with Gasteiger partial charge in [0.1, 0.15) is 5.75 Å². The largest absolute Gasteiger partial charge is 0.495 e. The summed E-state index contributed by atoms with van der Waals surface area (Å²) in [5.41, 5.74) is 7.22. The number of nitrogens with zero attached hydrogens (tertiary/aromatic N) is 1. The normalized spacial score (nSPS) is 12.8. The molecule has 0 radical (unpaired) electrons. The monoisotopic (exact) mass is 353 g/mol. The molecule has 1 heterocycles. The van der Waals surface area contributed by atoms with Crippen LogP contribution in [0.5, 0.6) is 5.75 Å². The minimum Gasteiger partial charge on any atom is -0.495 e. The van der Waals surface area contributed by atoms with Crippen molar-refractivity contribution in [2.24, 2.45) is 11.1 Å². The van der Waals surface area contributed by atoms with Crippen molar-refractivity contribution < 1.29 is 9.53 Å². The van der Waals surface area contributed by atoms with Gasteiger partial charge in [-0.25, -0.2) is 4.98 Å². The van der Waals surface area contributed by atoms with E-state index in [-0.39, 0.29) is 11.3 Å². The van der Waals surface area contributed by atoms with E-state index < -0.39 is 6.04 Å². The number of nitrogens with one attached hydrogen (secondary N) is 1. The van der Waals surface area contributed by atoms with Crippen molar-refractivity contribution >= 4 is 34.0 Å². The second-order valence-electron chi connectivity index (χ2n) is 6.22. The molecule has 1 aromatic heterocycles. The van der Waals surface area contributed by atoms with Crippen LogP contribution in [-0.4, -0.2) is 24.0 Å². The minimum atomic E-state index is -0.606. The van der Waals surface area contributed by atoms with E-state index in [0.29, 0.717) is 15.9 Å². The smallest absolute Gasteiger partial charge is 0.243 e. The van der Waals surface area contributed by atoms with Crippen molar-refractivity contribution in [1.29, 1.82) is 0 Å². The van der Waals surface area contributed by atoms with Gasteiger partial charge in [-0.3, -0.25) is 4.79 Å². The second kappa shape index (κ2) is 6.86. The highest BCUT2D eigenvalue weighted by atomic mass is 35.5. The van der Waals surface area contributed by atoms with Crippen molar-refractivity contribution in [2.45, 2.75) is 26.8 Å². The van der Waals surface area contributed by atoms with Crippen molar-refractivity contribution in [3.8, 4) is 17.0 Å². The van der Waals surface area contributed by atoms with E-state index in [1.54, 1.807) is 19.2 Å². The Labute approximate surface area is 144 Å². The van der Waals surface area contributed by atoms with Crippen LogP contribution < -0.4 is 15.8 Å². The number of carbonyl (C=O) groups excluding carboxylic acids is 1. The first kappa shape index (κ1) is 17.7. The summed E-state index contributed by atoms with van der Waals surface area (Å²) in [5, 5.41) is 5.64. The first-order valence-electron chi connectivity index (χ1n) is 7.08. The highest BCUT2D eigenvalue weighted by molar-refractivity contribution is 7.14. The van der Waals surface area contributed by atoms with E-state index in [1.807, 2.05) is 32.2 Å². The lowest BCUT2D eigenvalue weighted by Gasteiger charge is -2.25. The molecule has 2 rings (SSSR count). The van der Waals surface area contributed by atoms with Gasteiger partial charge in [-0.1, -0.05) is 32.4 Å². The molecule has 2 aromatic rings. The molecular formula is C16H20ClN3O2S. The number of nitrogens with two attached hydrogens (primary N) is 1. The molecule has 1 atom stereocenters. The Morgan fingerprint density at radius 1 is 1.43 bits per heavy atom. The molecule has 0 fully saturated rings. The summed E-state index contributed by atoms with van der Waals surface area (Å²) in [6.45, 7) is 5.76. The Bertz CT molecular complexity index is 710.